The molecule has 3 aromatic carbocycles. The van der Waals surface area contributed by atoms with E-state index in [-0.39, 0.29) is 37.1 Å². The third-order valence-electron chi connectivity index (χ3n) is 8.16. The number of piperidine rings is 1. The van der Waals surface area contributed by atoms with Gasteiger partial charge in [0, 0.05) is 30.8 Å². The van der Waals surface area contributed by atoms with Gasteiger partial charge in [-0.1, -0.05) is 54.6 Å². The van der Waals surface area contributed by atoms with Crippen LogP contribution in [0.5, 0.6) is 0 Å². The number of nitrogens with zero attached hydrogens (tertiary/aromatic N) is 2. The number of amides is 1. The van der Waals surface area contributed by atoms with E-state index >= 15 is 0 Å². The Kier molecular flexibility index (Phi) is 5.54. The molecule has 6 heteroatoms. The molecule has 2 heterocycles. The molecule has 5 nitrogen and oxygen atoms in total. The normalized spacial score (nSPS) is 24.2. The Bertz CT molecular complexity index is 1320. The van der Waals surface area contributed by atoms with E-state index in [1.165, 1.54) is 34.4 Å². The average molecular weight is 483 g/mol. The van der Waals surface area contributed by atoms with E-state index in [4.69, 9.17) is 4.74 Å². The van der Waals surface area contributed by atoms with E-state index in [1.807, 2.05) is 24.3 Å². The number of carbonyl (C=O) groups is 1. The fourth-order valence-electron chi connectivity index (χ4n) is 6.63. The largest absolute Gasteiger partial charge is 0.448 e. The van der Waals surface area contributed by atoms with Crippen LogP contribution >= 0.6 is 0 Å². The van der Waals surface area contributed by atoms with Gasteiger partial charge in [0.05, 0.1) is 18.1 Å². The third-order valence-corrected chi connectivity index (χ3v) is 8.16. The summed E-state index contributed by atoms with van der Waals surface area (Å²) >= 11 is 0. The van der Waals surface area contributed by atoms with Crippen molar-refractivity contribution in [2.75, 3.05) is 6.61 Å². The van der Waals surface area contributed by atoms with Crippen LogP contribution in [0.3, 0.4) is 0 Å². The maximum absolute atomic E-state index is 14.1. The fourth-order valence-corrected chi connectivity index (χ4v) is 6.63. The van der Waals surface area contributed by atoms with Crippen molar-refractivity contribution in [3.8, 4) is 17.2 Å². The summed E-state index contributed by atoms with van der Waals surface area (Å²) in [4.78, 5) is 15.1. The van der Waals surface area contributed by atoms with E-state index in [9.17, 15) is 19.6 Å². The van der Waals surface area contributed by atoms with Crippen molar-refractivity contribution < 1.29 is 19.0 Å². The van der Waals surface area contributed by atoms with Crippen molar-refractivity contribution in [2.24, 2.45) is 0 Å². The van der Waals surface area contributed by atoms with Crippen molar-refractivity contribution in [3.05, 3.63) is 94.8 Å². The number of aliphatic hydroxyl groups is 1. The Morgan fingerprint density at radius 1 is 1.03 bits per heavy atom. The molecule has 2 atom stereocenters. The van der Waals surface area contributed by atoms with Crippen LogP contribution in [0.15, 0.2) is 66.7 Å². The zero-order valence-corrected chi connectivity index (χ0v) is 19.9. The van der Waals surface area contributed by atoms with Crippen LogP contribution in [0, 0.1) is 17.1 Å². The lowest BCUT2D eigenvalue weighted by atomic mass is 9.78. The van der Waals surface area contributed by atoms with Crippen LogP contribution in [-0.2, 0) is 16.8 Å². The lowest BCUT2D eigenvalue weighted by Gasteiger charge is -2.44. The highest BCUT2D eigenvalue weighted by Crippen LogP contribution is 2.48. The average Bonchev–Trinajstić information content (AvgIpc) is 3.36. The topological polar surface area (TPSA) is 73.6 Å². The van der Waals surface area contributed by atoms with Gasteiger partial charge in [0.15, 0.2) is 0 Å². The zero-order chi connectivity index (χ0) is 24.9. The molecule has 0 saturated carbocycles. The summed E-state index contributed by atoms with van der Waals surface area (Å²) in [6, 6.07) is 22.4. The van der Waals surface area contributed by atoms with Crippen molar-refractivity contribution >= 4 is 6.09 Å². The first kappa shape index (κ1) is 22.8. The molecule has 0 aromatic heterocycles. The number of hydrogen-bond donors (Lipinski definition) is 1. The molecule has 2 aliphatic heterocycles. The van der Waals surface area contributed by atoms with E-state index in [1.54, 1.807) is 11.0 Å². The summed E-state index contributed by atoms with van der Waals surface area (Å²) in [7, 11) is 0. The second-order valence-electron chi connectivity index (χ2n) is 10.2. The lowest BCUT2D eigenvalue weighted by Crippen LogP contribution is -2.52. The maximum Gasteiger partial charge on any atom is 0.410 e. The molecule has 2 saturated heterocycles. The minimum absolute atomic E-state index is 0.0124. The molecular formula is C30H27FN2O3. The Hall–Kier alpha value is -3.69. The molecule has 1 aliphatic carbocycles. The van der Waals surface area contributed by atoms with Gasteiger partial charge >= 0.3 is 6.09 Å². The van der Waals surface area contributed by atoms with Crippen molar-refractivity contribution in [3.63, 3.8) is 0 Å². The number of benzene rings is 3. The Morgan fingerprint density at radius 3 is 2.25 bits per heavy atom. The van der Waals surface area contributed by atoms with E-state index in [2.05, 4.69) is 30.3 Å². The zero-order valence-electron chi connectivity index (χ0n) is 19.9. The highest BCUT2D eigenvalue weighted by Gasteiger charge is 2.51. The molecule has 3 aromatic rings. The van der Waals surface area contributed by atoms with Crippen LogP contribution in [0.4, 0.5) is 9.18 Å². The predicted octanol–water partition coefficient (Wildman–Crippen LogP) is 5.66. The van der Waals surface area contributed by atoms with Crippen molar-refractivity contribution in [1.29, 1.82) is 5.26 Å². The fraction of sp³-hybridized carbons (Fsp3) is 0.333. The van der Waals surface area contributed by atoms with Gasteiger partial charge in [-0.2, -0.15) is 5.26 Å². The number of rotatable bonds is 4. The van der Waals surface area contributed by atoms with Gasteiger partial charge in [-0.3, -0.25) is 0 Å². The molecule has 2 unspecified atom stereocenters. The molecule has 1 N–H and O–H groups in total. The van der Waals surface area contributed by atoms with Gasteiger partial charge in [0.1, 0.15) is 12.4 Å². The molecule has 36 heavy (non-hydrogen) atoms. The van der Waals surface area contributed by atoms with Gasteiger partial charge in [0.25, 0.3) is 0 Å². The molecule has 1 amide bonds. The first-order valence-electron chi connectivity index (χ1n) is 12.5. The molecule has 2 fully saturated rings. The number of hydrogen-bond acceptors (Lipinski definition) is 4. The minimum Gasteiger partial charge on any atom is -0.448 e. The van der Waals surface area contributed by atoms with Crippen LogP contribution in [0.2, 0.25) is 0 Å². The number of nitriles is 1. The Labute approximate surface area is 209 Å². The molecular weight excluding hydrogens is 455 g/mol. The highest BCUT2D eigenvalue weighted by atomic mass is 19.1. The highest BCUT2D eigenvalue weighted by molar-refractivity contribution is 5.79. The van der Waals surface area contributed by atoms with Crippen molar-refractivity contribution in [2.45, 2.75) is 55.7 Å². The van der Waals surface area contributed by atoms with Crippen LogP contribution in [-0.4, -0.2) is 34.8 Å². The van der Waals surface area contributed by atoms with Gasteiger partial charge in [-0.05, 0) is 58.4 Å². The number of fused-ring (bicyclic) bond motifs is 5. The monoisotopic (exact) mass is 482 g/mol. The summed E-state index contributed by atoms with van der Waals surface area (Å²) in [6.45, 7) is 0.253. The molecule has 0 radical (unpaired) electrons. The number of halogens is 1. The Balaban J connectivity index is 1.20. The molecule has 0 spiro atoms. The number of carbonyl (C=O) groups excluding carboxylic acids is 1. The van der Waals surface area contributed by atoms with Gasteiger partial charge in [-0.15, -0.1) is 0 Å². The first-order chi connectivity index (χ1) is 17.5. The summed E-state index contributed by atoms with van der Waals surface area (Å²) < 4.78 is 20.0. The maximum atomic E-state index is 14.1. The van der Waals surface area contributed by atoms with Crippen molar-refractivity contribution in [1.82, 2.24) is 4.90 Å². The first-order valence-corrected chi connectivity index (χ1v) is 12.5. The second kappa shape index (κ2) is 8.76. The molecule has 3 aliphatic rings. The lowest BCUT2D eigenvalue weighted by molar-refractivity contribution is -0.0537. The third kappa shape index (κ3) is 3.66. The van der Waals surface area contributed by atoms with Gasteiger partial charge < -0.3 is 14.7 Å². The molecule has 2 bridgehead atoms. The summed E-state index contributed by atoms with van der Waals surface area (Å²) in [5.41, 5.74) is 4.52. The summed E-state index contributed by atoms with van der Waals surface area (Å²) in [6.07, 6.45) is 1.87. The van der Waals surface area contributed by atoms with Crippen LogP contribution in [0.25, 0.3) is 11.1 Å². The van der Waals surface area contributed by atoms with Crippen LogP contribution in [0.1, 0.15) is 53.9 Å². The SMILES string of the molecule is N#CCc1ccc(F)cc1C1(O)CC2CCC(C1)N2C(=O)OCC1c2ccccc2-c2ccccc21. The molecule has 182 valence electrons. The Morgan fingerprint density at radius 2 is 1.64 bits per heavy atom. The summed E-state index contributed by atoms with van der Waals surface area (Å²) in [5.74, 6) is -0.451. The quantitative estimate of drug-likeness (QED) is 0.521. The van der Waals surface area contributed by atoms with Gasteiger partial charge in [-0.25, -0.2) is 9.18 Å². The van der Waals surface area contributed by atoms with Crippen LogP contribution < -0.4 is 0 Å². The van der Waals surface area contributed by atoms with E-state index in [0.717, 1.165) is 12.8 Å². The van der Waals surface area contributed by atoms with E-state index < -0.39 is 11.4 Å². The molecule has 6 rings (SSSR count). The minimum atomic E-state index is -1.28. The van der Waals surface area contributed by atoms with E-state index in [0.29, 0.717) is 24.0 Å². The summed E-state index contributed by atoms with van der Waals surface area (Å²) in [5, 5.41) is 20.8. The predicted molar refractivity (Wildman–Crippen MR) is 133 cm³/mol. The van der Waals surface area contributed by atoms with Gasteiger partial charge in [0.2, 0.25) is 0 Å². The number of ether oxygens (including phenoxy) is 1. The second-order valence-corrected chi connectivity index (χ2v) is 10.2. The smallest absolute Gasteiger partial charge is 0.410 e. The standard InChI is InChI=1S/C30H27FN2O3/c31-20-10-9-19(13-14-32)28(15-20)30(35)16-21-11-12-22(17-30)33(21)29(34)36-18-27-25-7-3-1-5-23(25)24-6-2-4-8-26(24)27/h1-10,15,21-22,27,35H,11-13,16-18H2.